The molecular formula is C22H16F5N7O2. The van der Waals surface area contributed by atoms with E-state index >= 15 is 0 Å². The average molecular weight is 505 g/mol. The molecule has 0 saturated heterocycles. The summed E-state index contributed by atoms with van der Waals surface area (Å²) in [6, 6.07) is 5.02. The first-order chi connectivity index (χ1) is 17.1. The topological polar surface area (TPSA) is 129 Å². The molecule has 9 nitrogen and oxygen atoms in total. The van der Waals surface area contributed by atoms with Crippen LogP contribution in [0.1, 0.15) is 33.9 Å². The van der Waals surface area contributed by atoms with Crippen molar-refractivity contribution in [1.82, 2.24) is 30.1 Å². The molecule has 0 amide bonds. The highest BCUT2D eigenvalue weighted by atomic mass is 19.4. The summed E-state index contributed by atoms with van der Waals surface area (Å²) in [4.78, 5) is 38.2. The van der Waals surface area contributed by atoms with Gasteiger partial charge >= 0.3 is 11.9 Å². The van der Waals surface area contributed by atoms with Gasteiger partial charge in [-0.2, -0.15) is 18.3 Å². The van der Waals surface area contributed by atoms with Crippen molar-refractivity contribution >= 4 is 11.6 Å². The molecule has 36 heavy (non-hydrogen) atoms. The van der Waals surface area contributed by atoms with Crippen LogP contribution in [0.3, 0.4) is 0 Å². The van der Waals surface area contributed by atoms with Crippen molar-refractivity contribution < 1.29 is 26.7 Å². The summed E-state index contributed by atoms with van der Waals surface area (Å²) in [7, 11) is 0. The zero-order chi connectivity index (χ0) is 25.9. The summed E-state index contributed by atoms with van der Waals surface area (Å²) in [5, 5.41) is 8.65. The quantitative estimate of drug-likeness (QED) is 0.246. The summed E-state index contributed by atoms with van der Waals surface area (Å²) in [5.74, 6) is -2.08. The first kappa shape index (κ1) is 24.6. The van der Waals surface area contributed by atoms with Gasteiger partial charge in [0.05, 0.1) is 5.56 Å². The molecule has 0 saturated carbocycles. The predicted molar refractivity (Wildman–Crippen MR) is 116 cm³/mol. The number of carbonyl (C=O) groups excluding carboxylic acids is 1. The van der Waals surface area contributed by atoms with Gasteiger partial charge in [-0.15, -0.1) is 0 Å². The number of H-pyrrole nitrogens is 2. The van der Waals surface area contributed by atoms with Crippen LogP contribution in [0.2, 0.25) is 0 Å². The molecule has 3 N–H and O–H groups in total. The van der Waals surface area contributed by atoms with Crippen molar-refractivity contribution in [3.63, 3.8) is 0 Å². The Morgan fingerprint density at radius 2 is 1.86 bits per heavy atom. The number of hydrogen-bond donors (Lipinski definition) is 3. The number of benzene rings is 1. The fourth-order valence-corrected chi connectivity index (χ4v) is 3.16. The molecular weight excluding hydrogens is 489 g/mol. The molecule has 0 unspecified atom stereocenters. The van der Waals surface area contributed by atoms with Gasteiger partial charge in [0.15, 0.2) is 11.6 Å². The van der Waals surface area contributed by atoms with Gasteiger partial charge in [-0.25, -0.2) is 28.6 Å². The fourth-order valence-electron chi connectivity index (χ4n) is 3.16. The van der Waals surface area contributed by atoms with Gasteiger partial charge in [-0.3, -0.25) is 14.8 Å². The van der Waals surface area contributed by atoms with Gasteiger partial charge in [0.25, 0.3) is 0 Å². The molecule has 0 aliphatic heterocycles. The minimum absolute atomic E-state index is 0.0117. The lowest BCUT2D eigenvalue weighted by Crippen LogP contribution is -2.11. The Kier molecular flexibility index (Phi) is 6.85. The van der Waals surface area contributed by atoms with Crippen LogP contribution in [-0.4, -0.2) is 35.9 Å². The normalized spacial score (nSPS) is 11.5. The second-order valence-corrected chi connectivity index (χ2v) is 7.56. The van der Waals surface area contributed by atoms with E-state index in [2.05, 4.69) is 35.5 Å². The lowest BCUT2D eigenvalue weighted by Gasteiger charge is -2.12. The minimum Gasteiger partial charge on any atom is -0.366 e. The number of carbonyl (C=O) groups is 1. The second-order valence-electron chi connectivity index (χ2n) is 7.56. The number of nitrogens with zero attached hydrogens (tertiary/aromatic N) is 4. The van der Waals surface area contributed by atoms with E-state index in [1.165, 1.54) is 12.1 Å². The number of hydrogen-bond acceptors (Lipinski definition) is 7. The number of anilines is 1. The predicted octanol–water partition coefficient (Wildman–Crippen LogP) is 3.67. The molecule has 0 fully saturated rings. The summed E-state index contributed by atoms with van der Waals surface area (Å²) in [6.07, 6.45) is -3.00. The van der Waals surface area contributed by atoms with Crippen LogP contribution in [0.5, 0.6) is 0 Å². The van der Waals surface area contributed by atoms with Gasteiger partial charge < -0.3 is 5.32 Å². The molecule has 4 aromatic rings. The van der Waals surface area contributed by atoms with Gasteiger partial charge in [0.2, 0.25) is 0 Å². The molecule has 0 spiro atoms. The number of alkyl halides is 3. The summed E-state index contributed by atoms with van der Waals surface area (Å²) in [6.45, 7) is -0.161. The molecule has 3 heterocycles. The highest BCUT2D eigenvalue weighted by molar-refractivity contribution is 5.95. The van der Waals surface area contributed by atoms with Crippen molar-refractivity contribution in [3.05, 3.63) is 87.5 Å². The number of halogens is 5. The molecule has 4 rings (SSSR count). The standard InChI is InChI=1S/C22H16F5N7O2/c23-14-2-1-11(15(24)6-14)9-29-19-7-16(17(35)3-4-18-32-21(36)34-33-18)30-20(31-19)12-5-13(10-28-8-12)22(25,26)27/h1-2,5-8,10H,3-4,9H2,(H,29,30,31)(H2,32,33,34,36). The first-order valence-electron chi connectivity index (χ1n) is 10.3. The Labute approximate surface area is 198 Å². The van der Waals surface area contributed by atoms with E-state index in [9.17, 15) is 31.5 Å². The van der Waals surface area contributed by atoms with Crippen LogP contribution in [0.25, 0.3) is 11.4 Å². The largest absolute Gasteiger partial charge is 0.417 e. The first-order valence-corrected chi connectivity index (χ1v) is 10.3. The maximum atomic E-state index is 14.0. The average Bonchev–Trinajstić information content (AvgIpc) is 3.26. The molecule has 0 aliphatic rings. The van der Waals surface area contributed by atoms with Crippen LogP contribution in [0, 0.1) is 11.6 Å². The third-order valence-electron chi connectivity index (χ3n) is 4.95. The van der Waals surface area contributed by atoms with Crippen LogP contribution in [0.15, 0.2) is 47.5 Å². The highest BCUT2D eigenvalue weighted by Gasteiger charge is 2.31. The summed E-state index contributed by atoms with van der Waals surface area (Å²) >= 11 is 0. The third-order valence-corrected chi connectivity index (χ3v) is 4.95. The SMILES string of the molecule is O=C(CCc1n[nH]c(=O)[nH]1)c1cc(NCc2ccc(F)cc2F)nc(-c2cncc(C(F)(F)F)c2)n1. The fraction of sp³-hybridized carbons (Fsp3) is 0.182. The van der Waals surface area contributed by atoms with E-state index in [1.807, 2.05) is 0 Å². The van der Waals surface area contributed by atoms with E-state index in [-0.39, 0.29) is 53.7 Å². The van der Waals surface area contributed by atoms with Gasteiger partial charge in [0.1, 0.15) is 29.0 Å². The molecule has 14 heteroatoms. The summed E-state index contributed by atoms with van der Waals surface area (Å²) < 4.78 is 66.7. The lowest BCUT2D eigenvalue weighted by atomic mass is 10.1. The highest BCUT2D eigenvalue weighted by Crippen LogP contribution is 2.31. The van der Waals surface area contributed by atoms with Crippen LogP contribution < -0.4 is 11.0 Å². The minimum atomic E-state index is -4.67. The molecule has 0 radical (unpaired) electrons. The number of rotatable bonds is 8. The Hall–Kier alpha value is -4.49. The van der Waals surface area contributed by atoms with E-state index < -0.39 is 34.8 Å². The van der Waals surface area contributed by atoms with Gasteiger partial charge in [0, 0.05) is 55.0 Å². The monoisotopic (exact) mass is 505 g/mol. The maximum Gasteiger partial charge on any atom is 0.417 e. The maximum absolute atomic E-state index is 14.0. The number of nitrogens with one attached hydrogen (secondary N) is 3. The van der Waals surface area contributed by atoms with Crippen molar-refractivity contribution in [3.8, 4) is 11.4 Å². The zero-order valence-corrected chi connectivity index (χ0v) is 18.2. The van der Waals surface area contributed by atoms with Crippen molar-refractivity contribution in [1.29, 1.82) is 0 Å². The molecule has 0 atom stereocenters. The Bertz CT molecular complexity index is 1470. The zero-order valence-electron chi connectivity index (χ0n) is 18.2. The van der Waals surface area contributed by atoms with Crippen LogP contribution in [-0.2, 0) is 19.1 Å². The molecule has 0 aliphatic carbocycles. The number of pyridine rings is 1. The Morgan fingerprint density at radius 3 is 2.56 bits per heavy atom. The number of ketones is 1. The number of aromatic nitrogens is 6. The lowest BCUT2D eigenvalue weighted by molar-refractivity contribution is -0.137. The van der Waals surface area contributed by atoms with Crippen LogP contribution in [0.4, 0.5) is 27.8 Å². The molecule has 0 bridgehead atoms. The number of aryl methyl sites for hydroxylation is 1. The van der Waals surface area contributed by atoms with Crippen molar-refractivity contribution in [2.24, 2.45) is 0 Å². The molecule has 186 valence electrons. The van der Waals surface area contributed by atoms with Crippen molar-refractivity contribution in [2.75, 3.05) is 5.32 Å². The van der Waals surface area contributed by atoms with E-state index in [1.54, 1.807) is 0 Å². The van der Waals surface area contributed by atoms with Crippen molar-refractivity contribution in [2.45, 2.75) is 25.6 Å². The summed E-state index contributed by atoms with van der Waals surface area (Å²) in [5.41, 5.74) is -1.74. The van der Waals surface area contributed by atoms with E-state index in [4.69, 9.17) is 0 Å². The Balaban J connectivity index is 1.65. The number of aromatic amines is 2. The van der Waals surface area contributed by atoms with E-state index in [0.717, 1.165) is 18.3 Å². The second kappa shape index (κ2) is 10.0. The number of Topliss-reactive ketones (excluding diaryl/α,β-unsaturated/α-hetero) is 1. The van der Waals surface area contributed by atoms with Crippen LogP contribution >= 0.6 is 0 Å². The smallest absolute Gasteiger partial charge is 0.366 e. The molecule has 3 aromatic heterocycles. The Morgan fingerprint density at radius 1 is 1.06 bits per heavy atom. The van der Waals surface area contributed by atoms with E-state index in [0.29, 0.717) is 12.3 Å². The third kappa shape index (κ3) is 5.95. The van der Waals surface area contributed by atoms with Gasteiger partial charge in [-0.1, -0.05) is 6.07 Å². The van der Waals surface area contributed by atoms with Gasteiger partial charge in [-0.05, 0) is 12.1 Å². The molecule has 1 aromatic carbocycles.